The normalized spacial score (nSPS) is 35.5. The van der Waals surface area contributed by atoms with Crippen molar-refractivity contribution in [1.82, 2.24) is 0 Å². The second kappa shape index (κ2) is 19.9. The molecule has 1 aliphatic heterocycles. The van der Waals surface area contributed by atoms with Crippen molar-refractivity contribution in [3.8, 4) is 0 Å². The number of aliphatic hydroxyl groups is 3. The number of unbranched alkanes of at least 4 members (excludes halogenated alkanes) is 8. The van der Waals surface area contributed by atoms with Crippen molar-refractivity contribution in [3.63, 3.8) is 0 Å². The van der Waals surface area contributed by atoms with Crippen molar-refractivity contribution in [1.29, 1.82) is 0 Å². The Morgan fingerprint density at radius 1 is 0.902 bits per heavy atom. The predicted octanol–water partition coefficient (Wildman–Crippen LogP) is 8.98. The van der Waals surface area contributed by atoms with Crippen LogP contribution in [0.5, 0.6) is 0 Å². The van der Waals surface area contributed by atoms with Gasteiger partial charge in [-0.15, -0.1) is 0 Å². The lowest BCUT2D eigenvalue weighted by molar-refractivity contribution is -0.193. The molecule has 61 heavy (non-hydrogen) atoms. The maximum absolute atomic E-state index is 13.6. The number of hydrogen-bond donors (Lipinski definition) is 4. The third kappa shape index (κ3) is 11.1. The number of rotatable bonds is 23. The average Bonchev–Trinajstić information content (AvgIpc) is 3.88. The monoisotopic (exact) mass is 883 g/mol. The van der Waals surface area contributed by atoms with E-state index in [9.17, 15) is 37.9 Å². The van der Waals surface area contributed by atoms with Gasteiger partial charge in [-0.25, -0.2) is 4.18 Å². The van der Waals surface area contributed by atoms with Gasteiger partial charge in [0.25, 0.3) is 0 Å². The van der Waals surface area contributed by atoms with E-state index in [-0.39, 0.29) is 42.6 Å². The van der Waals surface area contributed by atoms with Gasteiger partial charge in [0, 0.05) is 18.8 Å². The molecule has 5 aliphatic rings. The molecule has 0 aromatic heterocycles. The van der Waals surface area contributed by atoms with Crippen LogP contribution in [0.1, 0.15) is 191 Å². The summed E-state index contributed by atoms with van der Waals surface area (Å²) in [7, 11) is -4.93. The summed E-state index contributed by atoms with van der Waals surface area (Å²) in [6, 6.07) is 0. The first-order chi connectivity index (χ1) is 28.4. The third-order valence-electron chi connectivity index (χ3n) is 16.6. The van der Waals surface area contributed by atoms with Crippen LogP contribution in [0, 0.1) is 39.9 Å². The largest absolute Gasteiger partial charge is 0.459 e. The number of epoxide rings is 1. The van der Waals surface area contributed by atoms with Crippen LogP contribution >= 0.6 is 0 Å². The fraction of sp³-hybridized carbons (Fsp3) is 0.917. The molecule has 7 unspecified atom stereocenters. The Balaban J connectivity index is 1.31. The summed E-state index contributed by atoms with van der Waals surface area (Å²) in [5.41, 5.74) is -1.84. The molecular weight excluding hydrogens is 801 g/mol. The first-order valence-corrected chi connectivity index (χ1v) is 25.3. The number of carbonyl (C=O) groups is 2. The quantitative estimate of drug-likeness (QED) is 0.0251. The van der Waals surface area contributed by atoms with Crippen LogP contribution in [0.15, 0.2) is 11.1 Å². The van der Waals surface area contributed by atoms with E-state index in [4.69, 9.17) is 18.4 Å². The summed E-state index contributed by atoms with van der Waals surface area (Å²) in [6.07, 6.45) is 12.3. The maximum atomic E-state index is 13.6. The zero-order valence-electron chi connectivity index (χ0n) is 39.0. The lowest BCUT2D eigenvalue weighted by Crippen LogP contribution is -2.64. The molecule has 3 fully saturated rings. The number of fused-ring (bicyclic) bond motifs is 4. The molecule has 12 nitrogen and oxygen atoms in total. The van der Waals surface area contributed by atoms with Crippen molar-refractivity contribution < 1.29 is 56.3 Å². The molecule has 1 saturated heterocycles. The van der Waals surface area contributed by atoms with Crippen molar-refractivity contribution >= 4 is 22.3 Å². The summed E-state index contributed by atoms with van der Waals surface area (Å²) in [6.45, 7) is 17.9. The zero-order chi connectivity index (χ0) is 45.2. The SMILES string of the molecule is CCCCCCCC(O)CCCCCCCC(=O)O[C@@H]1C[C@]2(C)C3=C(CCC2C(C)(C)[C@H]1OS(=O)(=O)O)C1CCC([C@H](C)CCC2(C(C)(C)O)CO2)[C@@]1(C)C(OC(C)=O)C3O. The van der Waals surface area contributed by atoms with Crippen LogP contribution in [-0.4, -0.2) is 88.6 Å². The minimum absolute atomic E-state index is 0.0237. The maximum Gasteiger partial charge on any atom is 0.397 e. The van der Waals surface area contributed by atoms with Gasteiger partial charge in [0.15, 0.2) is 0 Å². The topological polar surface area (TPSA) is 189 Å². The van der Waals surface area contributed by atoms with Gasteiger partial charge in [-0.3, -0.25) is 14.1 Å². The minimum atomic E-state index is -4.93. The molecule has 5 rings (SSSR count). The molecule has 1 heterocycles. The Morgan fingerprint density at radius 2 is 1.51 bits per heavy atom. The molecule has 12 atom stereocenters. The number of hydrogen-bond acceptors (Lipinski definition) is 11. The highest BCUT2D eigenvalue weighted by atomic mass is 32.3. The van der Waals surface area contributed by atoms with E-state index in [0.29, 0.717) is 32.3 Å². The molecule has 0 bridgehead atoms. The highest BCUT2D eigenvalue weighted by molar-refractivity contribution is 7.80. The Morgan fingerprint density at radius 3 is 2.08 bits per heavy atom. The Kier molecular flexibility index (Phi) is 16.4. The zero-order valence-corrected chi connectivity index (χ0v) is 39.8. The van der Waals surface area contributed by atoms with Crippen LogP contribution in [0.2, 0.25) is 0 Å². The van der Waals surface area contributed by atoms with Crippen molar-refractivity contribution in [3.05, 3.63) is 11.1 Å². The standard InChI is InChI=1S/C48H82O12S/c1-10-11-12-14-17-20-33(50)21-18-15-13-16-19-22-39(51)59-37-29-46(8)38(44(4,5)42(37)60-61(54,55)56)26-23-34-36-25-24-35(31(2)27-28-48(30-57-48)45(6,7)53)47(36,9)43(58-32(3)49)41(52)40(34)46/h31,33,35-38,41-43,50,52-53H,10-30H2,1-9H3,(H,54,55,56)/t31-,33?,35?,36?,37-,38?,41?,42+,43?,46+,47-,48?/m1/s1. The number of aliphatic hydroxyl groups excluding tert-OH is 2. The predicted molar refractivity (Wildman–Crippen MR) is 234 cm³/mol. The number of ether oxygens (including phenoxy) is 3. The van der Waals surface area contributed by atoms with Crippen molar-refractivity contribution in [2.45, 2.75) is 232 Å². The van der Waals surface area contributed by atoms with Crippen molar-refractivity contribution in [2.24, 2.45) is 39.9 Å². The van der Waals surface area contributed by atoms with Gasteiger partial charge in [0.2, 0.25) is 0 Å². The van der Waals surface area contributed by atoms with E-state index < -0.39 is 74.2 Å². The van der Waals surface area contributed by atoms with Crippen LogP contribution in [-0.2, 0) is 38.4 Å². The molecule has 352 valence electrons. The molecule has 0 spiro atoms. The molecule has 0 aromatic rings. The van der Waals surface area contributed by atoms with Gasteiger partial charge < -0.3 is 29.5 Å². The summed E-state index contributed by atoms with van der Waals surface area (Å²) in [4.78, 5) is 26.5. The van der Waals surface area contributed by atoms with E-state index in [1.54, 1.807) is 13.8 Å². The lowest BCUT2D eigenvalue weighted by Gasteiger charge is -2.63. The first kappa shape index (κ1) is 50.4. The summed E-state index contributed by atoms with van der Waals surface area (Å²) >= 11 is 0. The highest BCUT2D eigenvalue weighted by Gasteiger charge is 2.68. The molecule has 0 aromatic carbocycles. The Hall–Kier alpha value is -1.61. The molecular formula is C48H82O12S. The van der Waals surface area contributed by atoms with Crippen LogP contribution < -0.4 is 0 Å². The van der Waals surface area contributed by atoms with E-state index in [1.807, 2.05) is 13.8 Å². The molecule has 2 saturated carbocycles. The second-order valence-corrected chi connectivity index (χ2v) is 22.6. The minimum Gasteiger partial charge on any atom is -0.459 e. The van der Waals surface area contributed by atoms with Crippen molar-refractivity contribution in [2.75, 3.05) is 6.61 Å². The van der Waals surface area contributed by atoms with Gasteiger partial charge in [-0.1, -0.05) is 105 Å². The van der Waals surface area contributed by atoms with E-state index >= 15 is 0 Å². The molecule has 13 heteroatoms. The van der Waals surface area contributed by atoms with Crippen LogP contribution in [0.4, 0.5) is 0 Å². The van der Waals surface area contributed by atoms with Gasteiger partial charge >= 0.3 is 22.3 Å². The fourth-order valence-corrected chi connectivity index (χ4v) is 13.9. The first-order valence-electron chi connectivity index (χ1n) is 23.9. The summed E-state index contributed by atoms with van der Waals surface area (Å²) in [5.74, 6) is -0.842. The Bertz CT molecular complexity index is 1650. The molecule has 0 radical (unpaired) electrons. The summed E-state index contributed by atoms with van der Waals surface area (Å²) in [5, 5.41) is 33.9. The second-order valence-electron chi connectivity index (χ2n) is 21.5. The summed E-state index contributed by atoms with van der Waals surface area (Å²) < 4.78 is 58.4. The van der Waals surface area contributed by atoms with Gasteiger partial charge in [-0.2, -0.15) is 8.42 Å². The van der Waals surface area contributed by atoms with Gasteiger partial charge in [0.1, 0.15) is 30.0 Å². The molecule has 4 N–H and O–H groups in total. The fourth-order valence-electron chi connectivity index (χ4n) is 13.3. The van der Waals surface area contributed by atoms with E-state index in [1.165, 1.54) is 38.2 Å². The van der Waals surface area contributed by atoms with E-state index in [2.05, 4.69) is 27.7 Å². The number of allylic oxidation sites excluding steroid dienone is 1. The average molecular weight is 883 g/mol. The Labute approximate surface area is 367 Å². The van der Waals surface area contributed by atoms with Crippen LogP contribution in [0.25, 0.3) is 0 Å². The molecule has 0 amide bonds. The lowest BCUT2D eigenvalue weighted by atomic mass is 9.44. The van der Waals surface area contributed by atoms with Gasteiger partial charge in [-0.05, 0) is 118 Å². The number of esters is 2. The smallest absolute Gasteiger partial charge is 0.397 e. The number of carbonyl (C=O) groups excluding carboxylic acids is 2. The van der Waals surface area contributed by atoms with Crippen LogP contribution in [0.3, 0.4) is 0 Å². The van der Waals surface area contributed by atoms with E-state index in [0.717, 1.165) is 69.8 Å². The van der Waals surface area contributed by atoms with Gasteiger partial charge in [0.05, 0.1) is 18.3 Å². The molecule has 4 aliphatic carbocycles. The highest BCUT2D eigenvalue weighted by Crippen LogP contribution is 2.69. The third-order valence-corrected chi connectivity index (χ3v) is 17.1.